The summed E-state index contributed by atoms with van der Waals surface area (Å²) in [6.07, 6.45) is 1.11. The van der Waals surface area contributed by atoms with Crippen molar-refractivity contribution in [1.82, 2.24) is 4.90 Å². The molecule has 0 spiro atoms. The fourth-order valence-electron chi connectivity index (χ4n) is 0.908. The molecule has 0 aromatic heterocycles. The Kier molecular flexibility index (Phi) is 6.86. The topological polar surface area (TPSA) is 12.5 Å². The highest BCUT2D eigenvalue weighted by atomic mass is 19.3. The van der Waals surface area contributed by atoms with Crippen molar-refractivity contribution in [3.8, 4) is 0 Å². The Balaban J connectivity index is 3.21. The Morgan fingerprint density at radius 1 is 1.30 bits per heavy atom. The van der Waals surface area contributed by atoms with Gasteiger partial charge in [0.25, 0.3) is 0 Å². The molecule has 0 rings (SSSR count). The molecule has 0 amide bonds. The molecular weight excluding hydrogens is 133 g/mol. The second-order valence-electron chi connectivity index (χ2n) is 2.25. The van der Waals surface area contributed by atoms with E-state index in [2.05, 4.69) is 23.7 Å². The van der Waals surface area contributed by atoms with Crippen LogP contribution in [-0.4, -0.2) is 31.1 Å². The monoisotopic (exact) mass is 149 g/mol. The van der Waals surface area contributed by atoms with Crippen LogP contribution in [0.5, 0.6) is 0 Å². The van der Waals surface area contributed by atoms with Gasteiger partial charge in [0.05, 0.1) is 0 Å². The molecule has 0 saturated carbocycles. The van der Waals surface area contributed by atoms with Crippen molar-refractivity contribution in [2.24, 2.45) is 0 Å². The van der Waals surface area contributed by atoms with Crippen LogP contribution in [-0.2, 0) is 4.94 Å². The van der Waals surface area contributed by atoms with E-state index in [0.29, 0.717) is 6.54 Å². The molecule has 0 aromatic rings. The van der Waals surface area contributed by atoms with E-state index < -0.39 is 0 Å². The zero-order valence-electron chi connectivity index (χ0n) is 6.77. The summed E-state index contributed by atoms with van der Waals surface area (Å²) in [5, 5.41) is 0. The number of halogens is 1. The normalized spacial score (nSPS) is 10.8. The minimum Gasteiger partial charge on any atom is -0.301 e. The summed E-state index contributed by atoms with van der Waals surface area (Å²) < 4.78 is 11.2. The zero-order chi connectivity index (χ0) is 7.82. The molecule has 0 radical (unpaired) electrons. The summed E-state index contributed by atoms with van der Waals surface area (Å²) in [4.78, 5) is 5.63. The average Bonchev–Trinajstić information content (AvgIpc) is 1.98. The maximum Gasteiger partial charge on any atom is 0.100 e. The molecule has 0 atom stereocenters. The molecule has 62 valence electrons. The van der Waals surface area contributed by atoms with Crippen molar-refractivity contribution in [3.05, 3.63) is 0 Å². The van der Waals surface area contributed by atoms with Crippen LogP contribution >= 0.6 is 0 Å². The largest absolute Gasteiger partial charge is 0.301 e. The van der Waals surface area contributed by atoms with Gasteiger partial charge >= 0.3 is 0 Å². The average molecular weight is 149 g/mol. The van der Waals surface area contributed by atoms with Gasteiger partial charge in [0.15, 0.2) is 0 Å². The Morgan fingerprint density at radius 2 is 2.00 bits per heavy atom. The van der Waals surface area contributed by atoms with Crippen LogP contribution in [0.2, 0.25) is 0 Å². The maximum atomic E-state index is 11.2. The number of hydrogen-bond acceptors (Lipinski definition) is 2. The number of rotatable bonds is 6. The lowest BCUT2D eigenvalue weighted by Crippen LogP contribution is -2.27. The first-order valence-electron chi connectivity index (χ1n) is 3.81. The molecule has 3 heteroatoms. The molecule has 0 aromatic carbocycles. The summed E-state index contributed by atoms with van der Waals surface area (Å²) in [5.41, 5.74) is 0. The summed E-state index contributed by atoms with van der Waals surface area (Å²) in [6.45, 7) is 7.05. The van der Waals surface area contributed by atoms with Gasteiger partial charge in [-0.3, -0.25) is 0 Å². The highest BCUT2D eigenvalue weighted by molar-refractivity contribution is 4.51. The molecule has 10 heavy (non-hydrogen) atoms. The first kappa shape index (κ1) is 9.85. The van der Waals surface area contributed by atoms with Gasteiger partial charge < -0.3 is 4.90 Å². The first-order chi connectivity index (χ1) is 4.85. The number of likely N-dealkylation sites (N-methyl/N-ethyl adjacent to an activating group) is 1. The van der Waals surface area contributed by atoms with E-state index in [4.69, 9.17) is 0 Å². The SMILES string of the molecule is CCCN(CC)CCOF. The summed E-state index contributed by atoms with van der Waals surface area (Å²) in [7, 11) is 0. The minimum atomic E-state index is 0.188. The molecule has 2 nitrogen and oxygen atoms in total. The van der Waals surface area contributed by atoms with E-state index >= 15 is 0 Å². The summed E-state index contributed by atoms with van der Waals surface area (Å²) in [6, 6.07) is 0. The summed E-state index contributed by atoms with van der Waals surface area (Å²) >= 11 is 0. The third-order valence-electron chi connectivity index (χ3n) is 1.47. The van der Waals surface area contributed by atoms with Crippen molar-refractivity contribution in [3.63, 3.8) is 0 Å². The predicted molar refractivity (Wildman–Crippen MR) is 39.5 cm³/mol. The predicted octanol–water partition coefficient (Wildman–Crippen LogP) is 1.62. The third-order valence-corrected chi connectivity index (χ3v) is 1.47. The van der Waals surface area contributed by atoms with E-state index in [1.807, 2.05) is 0 Å². The Morgan fingerprint density at radius 3 is 2.40 bits per heavy atom. The highest BCUT2D eigenvalue weighted by Crippen LogP contribution is 1.90. The molecule has 0 N–H and O–H groups in total. The molecule has 0 bridgehead atoms. The van der Waals surface area contributed by atoms with Gasteiger partial charge in [-0.25, -0.2) is 0 Å². The minimum absolute atomic E-state index is 0.188. The van der Waals surface area contributed by atoms with Crippen molar-refractivity contribution in [2.75, 3.05) is 26.2 Å². The van der Waals surface area contributed by atoms with E-state index in [9.17, 15) is 4.53 Å². The standard InChI is InChI=1S/C7H16FNO/c1-3-5-9(4-2)6-7-10-8/h3-7H2,1-2H3. The third kappa shape index (κ3) is 4.70. The van der Waals surface area contributed by atoms with Gasteiger partial charge in [0.2, 0.25) is 0 Å². The van der Waals surface area contributed by atoms with Crippen LogP contribution in [0.4, 0.5) is 4.53 Å². The van der Waals surface area contributed by atoms with Gasteiger partial charge in [-0.2, -0.15) is 4.94 Å². The number of nitrogens with zero attached hydrogens (tertiary/aromatic N) is 1. The lowest BCUT2D eigenvalue weighted by molar-refractivity contribution is -0.136. The molecule has 0 aliphatic carbocycles. The zero-order valence-corrected chi connectivity index (χ0v) is 6.77. The smallest absolute Gasteiger partial charge is 0.100 e. The van der Waals surface area contributed by atoms with E-state index in [0.717, 1.165) is 19.5 Å². The molecule has 0 saturated heterocycles. The highest BCUT2D eigenvalue weighted by Gasteiger charge is 1.98. The second-order valence-corrected chi connectivity index (χ2v) is 2.25. The Labute approximate surface area is 61.9 Å². The van der Waals surface area contributed by atoms with E-state index in [1.54, 1.807) is 0 Å². The summed E-state index contributed by atoms with van der Waals surface area (Å²) in [5.74, 6) is 0. The molecule has 0 aliphatic heterocycles. The quantitative estimate of drug-likeness (QED) is 0.569. The van der Waals surface area contributed by atoms with Gasteiger partial charge in [0.1, 0.15) is 6.61 Å². The second kappa shape index (κ2) is 6.96. The van der Waals surface area contributed by atoms with Crippen molar-refractivity contribution >= 4 is 0 Å². The van der Waals surface area contributed by atoms with Crippen molar-refractivity contribution in [2.45, 2.75) is 20.3 Å². The lowest BCUT2D eigenvalue weighted by atomic mass is 10.4. The fraction of sp³-hybridized carbons (Fsp3) is 1.00. The molecule has 0 fully saturated rings. The van der Waals surface area contributed by atoms with Crippen LogP contribution in [0.25, 0.3) is 0 Å². The van der Waals surface area contributed by atoms with Crippen LogP contribution in [0, 0.1) is 0 Å². The van der Waals surface area contributed by atoms with Gasteiger partial charge in [-0.1, -0.05) is 13.8 Å². The Bertz CT molecular complexity index is 70.6. The fourth-order valence-corrected chi connectivity index (χ4v) is 0.908. The molecular formula is C7H16FNO. The number of hydrogen-bond donors (Lipinski definition) is 0. The van der Waals surface area contributed by atoms with Crippen LogP contribution in [0.15, 0.2) is 0 Å². The van der Waals surface area contributed by atoms with Crippen LogP contribution in [0.1, 0.15) is 20.3 Å². The van der Waals surface area contributed by atoms with E-state index in [-0.39, 0.29) is 6.61 Å². The van der Waals surface area contributed by atoms with Gasteiger partial charge in [-0.15, -0.1) is 0 Å². The maximum absolute atomic E-state index is 11.2. The van der Waals surface area contributed by atoms with E-state index in [1.165, 1.54) is 0 Å². The van der Waals surface area contributed by atoms with Gasteiger partial charge in [0, 0.05) is 6.54 Å². The molecule has 0 unspecified atom stereocenters. The van der Waals surface area contributed by atoms with Crippen molar-refractivity contribution < 1.29 is 9.47 Å². The molecule has 0 aliphatic rings. The van der Waals surface area contributed by atoms with Crippen LogP contribution in [0.3, 0.4) is 0 Å². The van der Waals surface area contributed by atoms with Crippen LogP contribution < -0.4 is 0 Å². The van der Waals surface area contributed by atoms with Gasteiger partial charge in [-0.05, 0) is 24.0 Å². The lowest BCUT2D eigenvalue weighted by Gasteiger charge is -2.17. The van der Waals surface area contributed by atoms with Crippen molar-refractivity contribution in [1.29, 1.82) is 0 Å². The first-order valence-corrected chi connectivity index (χ1v) is 3.81. The Hall–Kier alpha value is -0.150. The molecule has 0 heterocycles.